The number of methoxy groups -OCH3 is 1. The first kappa shape index (κ1) is 16.9. The van der Waals surface area contributed by atoms with Crippen molar-refractivity contribution in [1.82, 2.24) is 5.32 Å². The molecule has 112 valence electrons. The maximum absolute atomic E-state index is 11.9. The summed E-state index contributed by atoms with van der Waals surface area (Å²) in [6.45, 7) is 2.83. The van der Waals surface area contributed by atoms with E-state index in [1.54, 1.807) is 7.11 Å². The lowest BCUT2D eigenvalue weighted by Crippen LogP contribution is -2.30. The largest absolute Gasteiger partial charge is 0.384 e. The number of hydrogen-bond acceptors (Lipinski definition) is 4. The maximum atomic E-state index is 11.9. The van der Waals surface area contributed by atoms with Gasteiger partial charge >= 0.3 is 0 Å². The summed E-state index contributed by atoms with van der Waals surface area (Å²) in [7, 11) is -2.33. The zero-order valence-corrected chi connectivity index (χ0v) is 12.8. The molecule has 1 unspecified atom stereocenters. The first-order valence-electron chi connectivity index (χ1n) is 5.84. The van der Waals surface area contributed by atoms with Crippen molar-refractivity contribution in [3.8, 4) is 0 Å². The predicted molar refractivity (Wildman–Crippen MR) is 76.2 cm³/mol. The summed E-state index contributed by atoms with van der Waals surface area (Å²) < 4.78 is 27.5. The van der Waals surface area contributed by atoms with E-state index in [0.29, 0.717) is 13.2 Å². The number of nitrogens with one attached hydrogen (secondary N) is 1. The van der Waals surface area contributed by atoms with Gasteiger partial charge in [-0.3, -0.25) is 4.79 Å². The van der Waals surface area contributed by atoms with Crippen LogP contribution in [0.25, 0.3) is 0 Å². The van der Waals surface area contributed by atoms with Gasteiger partial charge in [-0.1, -0.05) is 18.5 Å². The summed E-state index contributed by atoms with van der Waals surface area (Å²) >= 11 is 5.79. The third-order valence-corrected chi connectivity index (χ3v) is 3.64. The number of sulfonamides is 1. The Morgan fingerprint density at radius 3 is 2.65 bits per heavy atom. The first-order valence-corrected chi connectivity index (χ1v) is 7.77. The van der Waals surface area contributed by atoms with Crippen molar-refractivity contribution in [1.29, 1.82) is 0 Å². The minimum Gasteiger partial charge on any atom is -0.384 e. The topological polar surface area (TPSA) is 98.5 Å². The van der Waals surface area contributed by atoms with Crippen LogP contribution in [0.2, 0.25) is 5.02 Å². The van der Waals surface area contributed by atoms with Crippen LogP contribution in [-0.4, -0.2) is 34.6 Å². The van der Waals surface area contributed by atoms with Crippen molar-refractivity contribution >= 4 is 27.5 Å². The average molecular weight is 321 g/mol. The second-order valence-electron chi connectivity index (χ2n) is 4.49. The molecule has 0 saturated heterocycles. The molecular formula is C12H17ClN2O4S. The lowest BCUT2D eigenvalue weighted by atomic mass is 10.1. The Morgan fingerprint density at radius 2 is 2.10 bits per heavy atom. The zero-order valence-electron chi connectivity index (χ0n) is 11.2. The van der Waals surface area contributed by atoms with Gasteiger partial charge in [-0.15, -0.1) is 0 Å². The zero-order chi connectivity index (χ0) is 15.3. The highest BCUT2D eigenvalue weighted by atomic mass is 35.5. The summed E-state index contributed by atoms with van der Waals surface area (Å²) in [4.78, 5) is 11.7. The van der Waals surface area contributed by atoms with E-state index in [1.165, 1.54) is 18.2 Å². The van der Waals surface area contributed by atoms with Gasteiger partial charge in [0.15, 0.2) is 0 Å². The Labute approximate surface area is 123 Å². The van der Waals surface area contributed by atoms with E-state index < -0.39 is 15.9 Å². The Balaban J connectivity index is 2.86. The highest BCUT2D eigenvalue weighted by molar-refractivity contribution is 7.89. The van der Waals surface area contributed by atoms with Gasteiger partial charge in [-0.25, -0.2) is 13.6 Å². The number of ether oxygens (including phenoxy) is 1. The van der Waals surface area contributed by atoms with Crippen LogP contribution in [0.1, 0.15) is 17.3 Å². The van der Waals surface area contributed by atoms with Crippen LogP contribution < -0.4 is 10.5 Å². The number of carbonyl (C=O) groups excluding carboxylic acids is 1. The number of amides is 1. The highest BCUT2D eigenvalue weighted by Gasteiger charge is 2.14. The molecule has 0 saturated carbocycles. The van der Waals surface area contributed by atoms with Crippen molar-refractivity contribution in [3.63, 3.8) is 0 Å². The van der Waals surface area contributed by atoms with E-state index in [0.717, 1.165) is 0 Å². The lowest BCUT2D eigenvalue weighted by molar-refractivity contribution is 0.0934. The Kier molecular flexibility index (Phi) is 5.94. The number of rotatable bonds is 6. The molecule has 0 aromatic heterocycles. The third kappa shape index (κ3) is 5.09. The summed E-state index contributed by atoms with van der Waals surface area (Å²) in [5.41, 5.74) is 0.145. The molecule has 0 fully saturated rings. The summed E-state index contributed by atoms with van der Waals surface area (Å²) in [5, 5.41) is 7.83. The van der Waals surface area contributed by atoms with Gasteiger partial charge in [0.25, 0.3) is 5.91 Å². The van der Waals surface area contributed by atoms with Gasteiger partial charge in [-0.05, 0) is 24.1 Å². The third-order valence-electron chi connectivity index (χ3n) is 2.52. The van der Waals surface area contributed by atoms with Crippen LogP contribution in [0.5, 0.6) is 0 Å². The molecule has 20 heavy (non-hydrogen) atoms. The molecule has 0 bridgehead atoms. The summed E-state index contributed by atoms with van der Waals surface area (Å²) in [6, 6.07) is 3.77. The Hall–Kier alpha value is -1.15. The molecule has 8 heteroatoms. The van der Waals surface area contributed by atoms with Gasteiger partial charge in [0.1, 0.15) is 0 Å². The van der Waals surface area contributed by atoms with Crippen LogP contribution in [-0.2, 0) is 14.8 Å². The smallest absolute Gasteiger partial charge is 0.251 e. The molecule has 1 aromatic carbocycles. The predicted octanol–water partition coefficient (Wildman–Crippen LogP) is 1.000. The number of primary sulfonamides is 1. The van der Waals surface area contributed by atoms with E-state index in [1.807, 2.05) is 6.92 Å². The van der Waals surface area contributed by atoms with Gasteiger partial charge in [-0.2, -0.15) is 0 Å². The fraction of sp³-hybridized carbons (Fsp3) is 0.417. The molecule has 1 rings (SSSR count). The van der Waals surface area contributed by atoms with Gasteiger partial charge in [0, 0.05) is 24.2 Å². The fourth-order valence-electron chi connectivity index (χ4n) is 1.57. The highest BCUT2D eigenvalue weighted by Crippen LogP contribution is 2.18. The van der Waals surface area contributed by atoms with E-state index >= 15 is 0 Å². The molecule has 0 radical (unpaired) electrons. The van der Waals surface area contributed by atoms with Crippen molar-refractivity contribution in [2.75, 3.05) is 20.3 Å². The Bertz CT molecular complexity index is 589. The number of benzene rings is 1. The van der Waals surface area contributed by atoms with Crippen molar-refractivity contribution in [2.45, 2.75) is 11.8 Å². The van der Waals surface area contributed by atoms with Crippen molar-refractivity contribution in [2.24, 2.45) is 11.1 Å². The maximum Gasteiger partial charge on any atom is 0.251 e. The van der Waals surface area contributed by atoms with Crippen molar-refractivity contribution in [3.05, 3.63) is 28.8 Å². The Morgan fingerprint density at radius 1 is 1.45 bits per heavy atom. The standard InChI is InChI=1S/C12H17ClN2O4S/c1-8(7-19-2)6-15-12(16)9-3-10(13)5-11(4-9)20(14,17)18/h3-5,8H,6-7H2,1-2H3,(H,15,16)(H2,14,17,18). The molecule has 3 N–H and O–H groups in total. The minimum atomic E-state index is -3.91. The summed E-state index contributed by atoms with van der Waals surface area (Å²) in [5.74, 6) is -0.277. The summed E-state index contributed by atoms with van der Waals surface area (Å²) in [6.07, 6.45) is 0. The quantitative estimate of drug-likeness (QED) is 0.816. The average Bonchev–Trinajstić information content (AvgIpc) is 2.34. The second-order valence-corrected chi connectivity index (χ2v) is 6.49. The molecule has 0 aliphatic carbocycles. The normalized spacial score (nSPS) is 13.0. The second kappa shape index (κ2) is 7.03. The van der Waals surface area contributed by atoms with Gasteiger partial charge in [0.05, 0.1) is 11.5 Å². The van der Waals surface area contributed by atoms with E-state index in [-0.39, 0.29) is 21.4 Å². The monoisotopic (exact) mass is 320 g/mol. The van der Waals surface area contributed by atoms with Crippen molar-refractivity contribution < 1.29 is 17.9 Å². The van der Waals surface area contributed by atoms with Gasteiger partial charge in [0.2, 0.25) is 10.0 Å². The molecule has 0 heterocycles. The SMILES string of the molecule is COCC(C)CNC(=O)c1cc(Cl)cc(S(N)(=O)=O)c1. The fourth-order valence-corrected chi connectivity index (χ4v) is 2.45. The molecule has 1 amide bonds. The number of hydrogen-bond donors (Lipinski definition) is 2. The van der Waals surface area contributed by atoms with E-state index in [2.05, 4.69) is 5.32 Å². The number of nitrogens with two attached hydrogens (primary N) is 1. The lowest BCUT2D eigenvalue weighted by Gasteiger charge is -2.12. The van der Waals surface area contributed by atoms with Crippen LogP contribution >= 0.6 is 11.6 Å². The van der Waals surface area contributed by atoms with Crippen LogP contribution in [0.15, 0.2) is 23.1 Å². The van der Waals surface area contributed by atoms with E-state index in [4.69, 9.17) is 21.5 Å². The number of halogens is 1. The van der Waals surface area contributed by atoms with E-state index in [9.17, 15) is 13.2 Å². The minimum absolute atomic E-state index is 0.131. The number of carbonyl (C=O) groups is 1. The molecule has 1 aromatic rings. The van der Waals surface area contributed by atoms with Crippen LogP contribution in [0.4, 0.5) is 0 Å². The molecule has 1 atom stereocenters. The first-order chi connectivity index (χ1) is 9.24. The molecule has 0 aliphatic rings. The molecule has 0 spiro atoms. The molecule has 0 aliphatic heterocycles. The molecular weight excluding hydrogens is 304 g/mol. The van der Waals surface area contributed by atoms with Gasteiger partial charge < -0.3 is 10.1 Å². The van der Waals surface area contributed by atoms with Crippen LogP contribution in [0.3, 0.4) is 0 Å². The van der Waals surface area contributed by atoms with Crippen LogP contribution in [0, 0.1) is 5.92 Å². The molecule has 6 nitrogen and oxygen atoms in total.